The van der Waals surface area contributed by atoms with E-state index in [0.717, 1.165) is 68.7 Å². The number of carbonyl (C=O) groups is 2. The Kier molecular flexibility index (Phi) is 7.46. The van der Waals surface area contributed by atoms with Crippen LogP contribution in [0.25, 0.3) is 0 Å². The molecule has 2 saturated heterocycles. The Morgan fingerprint density at radius 1 is 0.938 bits per heavy atom. The summed E-state index contributed by atoms with van der Waals surface area (Å²) in [5, 5.41) is 0. The number of amides is 2. The molecule has 32 heavy (non-hydrogen) atoms. The lowest BCUT2D eigenvalue weighted by Gasteiger charge is -2.33. The summed E-state index contributed by atoms with van der Waals surface area (Å²) < 4.78 is 6.08. The molecule has 0 saturated carbocycles. The third kappa shape index (κ3) is 5.70. The zero-order valence-corrected chi connectivity index (χ0v) is 19.1. The predicted molar refractivity (Wildman–Crippen MR) is 126 cm³/mol. The van der Waals surface area contributed by atoms with Crippen molar-refractivity contribution in [3.8, 4) is 5.75 Å². The van der Waals surface area contributed by atoms with Gasteiger partial charge in [0.25, 0.3) is 5.91 Å². The Morgan fingerprint density at radius 3 is 2.53 bits per heavy atom. The lowest BCUT2D eigenvalue weighted by Crippen LogP contribution is -2.42. The number of piperidine rings is 2. The zero-order chi connectivity index (χ0) is 22.3. The van der Waals surface area contributed by atoms with Gasteiger partial charge in [0.1, 0.15) is 5.75 Å². The van der Waals surface area contributed by atoms with Gasteiger partial charge in [0, 0.05) is 37.7 Å². The molecule has 2 heterocycles. The minimum atomic E-state index is 0.0980. The second kappa shape index (κ2) is 10.7. The summed E-state index contributed by atoms with van der Waals surface area (Å²) in [6.07, 6.45) is 5.90. The third-order valence-electron chi connectivity index (χ3n) is 6.68. The summed E-state index contributed by atoms with van der Waals surface area (Å²) >= 11 is 0. The van der Waals surface area contributed by atoms with Crippen LogP contribution in [0.15, 0.2) is 48.5 Å². The highest BCUT2D eigenvalue weighted by Crippen LogP contribution is 2.22. The van der Waals surface area contributed by atoms with E-state index in [4.69, 9.17) is 4.74 Å². The van der Waals surface area contributed by atoms with E-state index in [1.165, 1.54) is 6.42 Å². The minimum Gasteiger partial charge on any atom is -0.493 e. The van der Waals surface area contributed by atoms with Crippen molar-refractivity contribution in [3.63, 3.8) is 0 Å². The molecule has 0 N–H and O–H groups in total. The van der Waals surface area contributed by atoms with Crippen molar-refractivity contribution in [3.05, 3.63) is 65.2 Å². The number of aryl methyl sites for hydroxylation is 1. The minimum absolute atomic E-state index is 0.0980. The van der Waals surface area contributed by atoms with Crippen LogP contribution in [-0.4, -0.2) is 54.4 Å². The van der Waals surface area contributed by atoms with Gasteiger partial charge in [0.2, 0.25) is 5.91 Å². The quantitative estimate of drug-likeness (QED) is 0.674. The number of nitrogens with zero attached hydrogens (tertiary/aromatic N) is 2. The van der Waals surface area contributed by atoms with Crippen molar-refractivity contribution >= 4 is 11.8 Å². The number of rotatable bonds is 6. The Balaban J connectivity index is 1.30. The molecule has 0 spiro atoms. The van der Waals surface area contributed by atoms with Crippen LogP contribution in [0.1, 0.15) is 53.6 Å². The Morgan fingerprint density at radius 2 is 1.72 bits per heavy atom. The van der Waals surface area contributed by atoms with E-state index in [2.05, 4.69) is 13.0 Å². The first kappa shape index (κ1) is 22.4. The summed E-state index contributed by atoms with van der Waals surface area (Å²) in [6.45, 7) is 5.87. The van der Waals surface area contributed by atoms with Crippen LogP contribution in [0.3, 0.4) is 0 Å². The maximum Gasteiger partial charge on any atom is 0.253 e. The molecule has 2 fully saturated rings. The number of hydrogen-bond donors (Lipinski definition) is 0. The predicted octanol–water partition coefficient (Wildman–Crippen LogP) is 4.48. The summed E-state index contributed by atoms with van der Waals surface area (Å²) in [4.78, 5) is 29.6. The molecular formula is C27H34N2O3. The molecule has 0 aromatic heterocycles. The molecule has 0 radical (unpaired) electrons. The average Bonchev–Trinajstić information content (AvgIpc) is 2.84. The summed E-state index contributed by atoms with van der Waals surface area (Å²) in [5.41, 5.74) is 2.96. The topological polar surface area (TPSA) is 49.9 Å². The molecule has 1 atom stereocenters. The third-order valence-corrected chi connectivity index (χ3v) is 6.68. The first-order valence-corrected chi connectivity index (χ1v) is 11.9. The maximum absolute atomic E-state index is 12.9. The number of likely N-dealkylation sites (tertiary alicyclic amines) is 2. The Bertz CT molecular complexity index is 936. The molecule has 4 rings (SSSR count). The molecular weight excluding hydrogens is 400 g/mol. The lowest BCUT2D eigenvalue weighted by molar-refractivity contribution is -0.132. The van der Waals surface area contributed by atoms with E-state index in [1.54, 1.807) is 0 Å². The number of ether oxygens (including phenoxy) is 1. The fourth-order valence-corrected chi connectivity index (χ4v) is 4.72. The Hall–Kier alpha value is -2.82. The largest absolute Gasteiger partial charge is 0.493 e. The molecule has 1 unspecified atom stereocenters. The highest BCUT2D eigenvalue weighted by Gasteiger charge is 2.25. The monoisotopic (exact) mass is 434 g/mol. The molecule has 5 nitrogen and oxygen atoms in total. The first-order valence-electron chi connectivity index (χ1n) is 11.9. The van der Waals surface area contributed by atoms with Gasteiger partial charge >= 0.3 is 0 Å². The van der Waals surface area contributed by atoms with Crippen molar-refractivity contribution in [1.29, 1.82) is 0 Å². The molecule has 2 aliphatic heterocycles. The molecule has 0 aliphatic carbocycles. The maximum atomic E-state index is 12.9. The van der Waals surface area contributed by atoms with Crippen molar-refractivity contribution in [2.24, 2.45) is 5.92 Å². The highest BCUT2D eigenvalue weighted by atomic mass is 16.5. The van der Waals surface area contributed by atoms with Crippen LogP contribution in [0.2, 0.25) is 0 Å². The van der Waals surface area contributed by atoms with Gasteiger partial charge in [0.05, 0.1) is 13.0 Å². The Labute approximate surface area is 191 Å². The lowest BCUT2D eigenvalue weighted by atomic mass is 9.97. The summed E-state index contributed by atoms with van der Waals surface area (Å²) in [5.74, 6) is 1.33. The van der Waals surface area contributed by atoms with Crippen LogP contribution >= 0.6 is 0 Å². The first-order chi connectivity index (χ1) is 15.6. The smallest absolute Gasteiger partial charge is 0.253 e. The van der Waals surface area contributed by atoms with E-state index in [-0.39, 0.29) is 11.8 Å². The van der Waals surface area contributed by atoms with E-state index >= 15 is 0 Å². The van der Waals surface area contributed by atoms with Crippen LogP contribution in [0.5, 0.6) is 5.75 Å². The van der Waals surface area contributed by atoms with E-state index in [1.807, 2.05) is 52.3 Å². The normalized spacial score (nSPS) is 19.0. The van der Waals surface area contributed by atoms with Gasteiger partial charge in [-0.05, 0) is 68.4 Å². The number of benzene rings is 2. The van der Waals surface area contributed by atoms with Gasteiger partial charge in [-0.3, -0.25) is 9.59 Å². The van der Waals surface area contributed by atoms with Gasteiger partial charge in [-0.2, -0.15) is 0 Å². The summed E-state index contributed by atoms with van der Waals surface area (Å²) in [7, 11) is 0. The van der Waals surface area contributed by atoms with Crippen molar-refractivity contribution in [2.75, 3.05) is 32.8 Å². The van der Waals surface area contributed by atoms with Crippen molar-refractivity contribution in [2.45, 2.75) is 45.4 Å². The van der Waals surface area contributed by atoms with Gasteiger partial charge in [-0.25, -0.2) is 0 Å². The number of hydrogen-bond acceptors (Lipinski definition) is 3. The van der Waals surface area contributed by atoms with Crippen LogP contribution in [-0.2, 0) is 11.2 Å². The van der Waals surface area contributed by atoms with Gasteiger partial charge in [0.15, 0.2) is 0 Å². The summed E-state index contributed by atoms with van der Waals surface area (Å²) in [6, 6.07) is 15.6. The second-order valence-electron chi connectivity index (χ2n) is 9.14. The van der Waals surface area contributed by atoms with Crippen LogP contribution < -0.4 is 4.74 Å². The standard InChI is InChI=1S/C27H34N2O3/c1-21-9-3-4-11-23(21)18-26(30)29-16-8-10-22(19-29)20-32-25-13-7-12-24(17-25)27(31)28-14-5-2-6-15-28/h3-4,7,9,11-13,17,22H,2,5-6,8,10,14-16,18-20H2,1H3. The molecule has 2 amide bonds. The van der Waals surface area contributed by atoms with E-state index in [9.17, 15) is 9.59 Å². The van der Waals surface area contributed by atoms with Crippen molar-refractivity contribution in [1.82, 2.24) is 9.80 Å². The molecule has 5 heteroatoms. The van der Waals surface area contributed by atoms with Crippen molar-refractivity contribution < 1.29 is 14.3 Å². The zero-order valence-electron chi connectivity index (χ0n) is 19.1. The number of carbonyl (C=O) groups excluding carboxylic acids is 2. The molecule has 0 bridgehead atoms. The highest BCUT2D eigenvalue weighted by molar-refractivity contribution is 5.94. The molecule has 170 valence electrons. The molecule has 2 aromatic rings. The second-order valence-corrected chi connectivity index (χ2v) is 9.14. The van der Waals surface area contributed by atoms with E-state index in [0.29, 0.717) is 24.5 Å². The van der Waals surface area contributed by atoms with E-state index < -0.39 is 0 Å². The van der Waals surface area contributed by atoms with Gasteiger partial charge < -0.3 is 14.5 Å². The van der Waals surface area contributed by atoms with Crippen LogP contribution in [0, 0.1) is 12.8 Å². The van der Waals surface area contributed by atoms with Gasteiger partial charge in [-0.15, -0.1) is 0 Å². The van der Waals surface area contributed by atoms with Gasteiger partial charge in [-0.1, -0.05) is 30.3 Å². The van der Waals surface area contributed by atoms with Crippen LogP contribution in [0.4, 0.5) is 0 Å². The average molecular weight is 435 g/mol. The fraction of sp³-hybridized carbons (Fsp3) is 0.481. The molecule has 2 aromatic carbocycles. The molecule has 2 aliphatic rings. The SMILES string of the molecule is Cc1ccccc1CC(=O)N1CCCC(COc2cccc(C(=O)N3CCCCC3)c2)C1. The fourth-order valence-electron chi connectivity index (χ4n) is 4.72.